The zero-order valence-electron chi connectivity index (χ0n) is 13.8. The summed E-state index contributed by atoms with van der Waals surface area (Å²) < 4.78 is 27.8. The van der Waals surface area contributed by atoms with Gasteiger partial charge in [0, 0.05) is 17.6 Å². The molecule has 0 spiro atoms. The Morgan fingerprint density at radius 2 is 1.88 bits per heavy atom. The summed E-state index contributed by atoms with van der Waals surface area (Å²) in [5, 5.41) is 3.73. The summed E-state index contributed by atoms with van der Waals surface area (Å²) in [6.07, 6.45) is 0.843. The Balaban J connectivity index is 1.60. The minimum atomic E-state index is -3.73. The number of pyridine rings is 1. The van der Waals surface area contributed by atoms with E-state index in [1.165, 1.54) is 4.31 Å². The lowest BCUT2D eigenvalue weighted by molar-refractivity contribution is -0.115. The standard InChI is InChI=1S/C19H15N3O3S/c23-18-11-14-10-15(5-6-17(14)20-18)26(24,25)22-8-7-13-9-12-3-1-2-4-16(12)21-19(13)22/h1-6,9-10H,7-8,11H2,(H,20,23). The number of anilines is 2. The second kappa shape index (κ2) is 5.28. The molecule has 1 N–H and O–H groups in total. The molecule has 130 valence electrons. The average Bonchev–Trinajstić information content (AvgIpc) is 3.21. The number of carbonyl (C=O) groups is 1. The SMILES string of the molecule is O=C1Cc2cc(S(=O)(=O)N3CCc4cc5ccccc5nc43)ccc2N1. The van der Waals surface area contributed by atoms with Crippen molar-refractivity contribution in [2.24, 2.45) is 0 Å². The Kier molecular flexibility index (Phi) is 3.12. The number of amides is 1. The van der Waals surface area contributed by atoms with Gasteiger partial charge in [-0.2, -0.15) is 0 Å². The number of benzene rings is 2. The van der Waals surface area contributed by atoms with Gasteiger partial charge < -0.3 is 5.32 Å². The summed E-state index contributed by atoms with van der Waals surface area (Å²) in [5.74, 6) is 0.382. The van der Waals surface area contributed by atoms with Crippen LogP contribution in [0.2, 0.25) is 0 Å². The molecule has 7 heteroatoms. The number of sulfonamides is 1. The van der Waals surface area contributed by atoms with Crippen LogP contribution in [0.25, 0.3) is 10.9 Å². The van der Waals surface area contributed by atoms with Crippen LogP contribution in [0.1, 0.15) is 11.1 Å². The van der Waals surface area contributed by atoms with Crippen molar-refractivity contribution < 1.29 is 13.2 Å². The van der Waals surface area contributed by atoms with Gasteiger partial charge in [0.15, 0.2) is 0 Å². The van der Waals surface area contributed by atoms with Gasteiger partial charge >= 0.3 is 0 Å². The van der Waals surface area contributed by atoms with Gasteiger partial charge in [-0.1, -0.05) is 18.2 Å². The van der Waals surface area contributed by atoms with E-state index in [0.717, 1.165) is 16.5 Å². The number of fused-ring (bicyclic) bond motifs is 3. The molecule has 0 radical (unpaired) electrons. The van der Waals surface area contributed by atoms with Crippen LogP contribution in [0.15, 0.2) is 53.4 Å². The maximum Gasteiger partial charge on any atom is 0.265 e. The van der Waals surface area contributed by atoms with Crippen molar-refractivity contribution in [3.8, 4) is 0 Å². The molecule has 2 aliphatic rings. The molecule has 3 heterocycles. The molecule has 26 heavy (non-hydrogen) atoms. The lowest BCUT2D eigenvalue weighted by Gasteiger charge is -2.19. The Labute approximate surface area is 150 Å². The third-order valence-corrected chi connectivity index (χ3v) is 6.68. The number of nitrogens with one attached hydrogen (secondary N) is 1. The van der Waals surface area contributed by atoms with Crippen molar-refractivity contribution in [3.05, 3.63) is 59.7 Å². The van der Waals surface area contributed by atoms with Crippen LogP contribution in [-0.2, 0) is 27.7 Å². The largest absolute Gasteiger partial charge is 0.326 e. The van der Waals surface area contributed by atoms with Gasteiger partial charge in [-0.05, 0) is 47.9 Å². The van der Waals surface area contributed by atoms with Crippen molar-refractivity contribution in [2.75, 3.05) is 16.2 Å². The van der Waals surface area contributed by atoms with Gasteiger partial charge in [-0.15, -0.1) is 0 Å². The van der Waals surface area contributed by atoms with E-state index < -0.39 is 10.0 Å². The Morgan fingerprint density at radius 1 is 1.04 bits per heavy atom. The first kappa shape index (κ1) is 15.3. The van der Waals surface area contributed by atoms with Crippen molar-refractivity contribution in [1.29, 1.82) is 0 Å². The first-order chi connectivity index (χ1) is 12.5. The van der Waals surface area contributed by atoms with E-state index in [2.05, 4.69) is 10.3 Å². The number of hydrogen-bond acceptors (Lipinski definition) is 4. The maximum atomic E-state index is 13.2. The molecular weight excluding hydrogens is 350 g/mol. The summed E-state index contributed by atoms with van der Waals surface area (Å²) in [6, 6.07) is 14.5. The molecule has 5 rings (SSSR count). The van der Waals surface area contributed by atoms with Crippen LogP contribution >= 0.6 is 0 Å². The van der Waals surface area contributed by atoms with Crippen molar-refractivity contribution in [2.45, 2.75) is 17.7 Å². The van der Waals surface area contributed by atoms with Crippen LogP contribution in [0.4, 0.5) is 11.5 Å². The molecule has 6 nitrogen and oxygen atoms in total. The topological polar surface area (TPSA) is 79.4 Å². The highest BCUT2D eigenvalue weighted by molar-refractivity contribution is 7.92. The van der Waals surface area contributed by atoms with E-state index in [-0.39, 0.29) is 17.2 Å². The van der Waals surface area contributed by atoms with Crippen molar-refractivity contribution in [3.63, 3.8) is 0 Å². The maximum absolute atomic E-state index is 13.2. The molecule has 1 amide bonds. The monoisotopic (exact) mass is 365 g/mol. The molecule has 2 aromatic carbocycles. The third-order valence-electron chi connectivity index (χ3n) is 4.89. The fourth-order valence-electron chi connectivity index (χ4n) is 3.60. The smallest absolute Gasteiger partial charge is 0.265 e. The molecule has 0 saturated heterocycles. The molecule has 0 unspecified atom stereocenters. The highest BCUT2D eigenvalue weighted by Gasteiger charge is 2.33. The van der Waals surface area contributed by atoms with Gasteiger partial charge in [-0.3, -0.25) is 4.79 Å². The number of aromatic nitrogens is 1. The first-order valence-corrected chi connectivity index (χ1v) is 9.80. The van der Waals surface area contributed by atoms with E-state index in [9.17, 15) is 13.2 Å². The summed E-state index contributed by atoms with van der Waals surface area (Å²) >= 11 is 0. The summed E-state index contributed by atoms with van der Waals surface area (Å²) in [6.45, 7) is 0.370. The Hall–Kier alpha value is -2.93. The minimum absolute atomic E-state index is 0.116. The van der Waals surface area contributed by atoms with Gasteiger partial charge in [0.1, 0.15) is 5.82 Å². The zero-order valence-corrected chi connectivity index (χ0v) is 14.6. The molecule has 2 aliphatic heterocycles. The molecular formula is C19H15N3O3S. The fourth-order valence-corrected chi connectivity index (χ4v) is 5.11. The molecule has 0 atom stereocenters. The highest BCUT2D eigenvalue weighted by atomic mass is 32.2. The second-order valence-electron chi connectivity index (χ2n) is 6.53. The van der Waals surface area contributed by atoms with E-state index in [4.69, 9.17) is 0 Å². The highest BCUT2D eigenvalue weighted by Crippen LogP contribution is 2.35. The number of hydrogen-bond donors (Lipinski definition) is 1. The Bertz CT molecular complexity index is 1190. The van der Waals surface area contributed by atoms with E-state index in [1.54, 1.807) is 18.2 Å². The van der Waals surface area contributed by atoms with Crippen molar-refractivity contribution in [1.82, 2.24) is 4.98 Å². The quantitative estimate of drug-likeness (QED) is 0.757. The van der Waals surface area contributed by atoms with Gasteiger partial charge in [0.2, 0.25) is 5.91 Å². The number of para-hydroxylation sites is 1. The van der Waals surface area contributed by atoms with E-state index in [0.29, 0.717) is 30.0 Å². The number of rotatable bonds is 2. The molecule has 0 fully saturated rings. The molecule has 3 aromatic rings. The zero-order chi connectivity index (χ0) is 17.9. The van der Waals surface area contributed by atoms with Crippen LogP contribution in [0.5, 0.6) is 0 Å². The van der Waals surface area contributed by atoms with Crippen molar-refractivity contribution >= 4 is 38.3 Å². The summed E-state index contributed by atoms with van der Waals surface area (Å²) in [5.41, 5.74) is 3.10. The number of carbonyl (C=O) groups excluding carboxylic acids is 1. The van der Waals surface area contributed by atoms with Gasteiger partial charge in [0.05, 0.1) is 16.8 Å². The second-order valence-corrected chi connectivity index (χ2v) is 8.40. The molecule has 1 aromatic heterocycles. The fraction of sp³-hybridized carbons (Fsp3) is 0.158. The van der Waals surface area contributed by atoms with Gasteiger partial charge in [-0.25, -0.2) is 17.7 Å². The van der Waals surface area contributed by atoms with Crippen LogP contribution in [0, 0.1) is 0 Å². The van der Waals surface area contributed by atoms with E-state index in [1.807, 2.05) is 30.3 Å². The summed E-state index contributed by atoms with van der Waals surface area (Å²) in [4.78, 5) is 16.3. The lowest BCUT2D eigenvalue weighted by Crippen LogP contribution is -2.29. The average molecular weight is 365 g/mol. The third kappa shape index (κ3) is 2.20. The first-order valence-electron chi connectivity index (χ1n) is 8.36. The predicted molar refractivity (Wildman–Crippen MR) is 98.8 cm³/mol. The lowest BCUT2D eigenvalue weighted by atomic mass is 10.1. The summed E-state index contributed by atoms with van der Waals surface area (Å²) in [7, 11) is -3.73. The van der Waals surface area contributed by atoms with E-state index >= 15 is 0 Å². The van der Waals surface area contributed by atoms with Crippen LogP contribution in [0.3, 0.4) is 0 Å². The normalized spacial score (nSPS) is 15.8. The molecule has 0 saturated carbocycles. The Morgan fingerprint density at radius 3 is 2.77 bits per heavy atom. The number of nitrogens with zero attached hydrogens (tertiary/aromatic N) is 2. The molecule has 0 aliphatic carbocycles. The predicted octanol–water partition coefficient (Wildman–Crippen LogP) is 2.48. The van der Waals surface area contributed by atoms with Gasteiger partial charge in [0.25, 0.3) is 10.0 Å². The van der Waals surface area contributed by atoms with Crippen LogP contribution in [-0.4, -0.2) is 25.9 Å². The molecule has 0 bridgehead atoms. The van der Waals surface area contributed by atoms with Crippen LogP contribution < -0.4 is 9.62 Å². The minimum Gasteiger partial charge on any atom is -0.326 e.